The Bertz CT molecular complexity index is 230. The van der Waals surface area contributed by atoms with Crippen molar-refractivity contribution in [1.29, 1.82) is 5.26 Å². The third-order valence-corrected chi connectivity index (χ3v) is 4.07. The van der Waals surface area contributed by atoms with Gasteiger partial charge in [0.05, 0.1) is 6.07 Å². The van der Waals surface area contributed by atoms with Crippen molar-refractivity contribution in [2.45, 2.75) is 45.6 Å². The van der Waals surface area contributed by atoms with Crippen LogP contribution in [0.3, 0.4) is 0 Å². The largest absolute Gasteiger partial charge is 0.396 e. The van der Waals surface area contributed by atoms with Crippen molar-refractivity contribution in [3.8, 4) is 6.07 Å². The van der Waals surface area contributed by atoms with Gasteiger partial charge in [-0.2, -0.15) is 17.0 Å². The zero-order valence-corrected chi connectivity index (χ0v) is 12.1. The van der Waals surface area contributed by atoms with E-state index in [9.17, 15) is 0 Å². The van der Waals surface area contributed by atoms with E-state index in [0.29, 0.717) is 5.92 Å². The molecule has 0 saturated heterocycles. The Morgan fingerprint density at radius 3 is 2.76 bits per heavy atom. The maximum atomic E-state index is 9.14. The van der Waals surface area contributed by atoms with E-state index in [-0.39, 0.29) is 12.1 Å². The maximum absolute atomic E-state index is 9.14. The highest BCUT2D eigenvalue weighted by atomic mass is 32.2. The Morgan fingerprint density at radius 1 is 1.53 bits per heavy atom. The molecule has 4 heteroatoms. The summed E-state index contributed by atoms with van der Waals surface area (Å²) >= 11 is 1.86. The second-order valence-corrected chi connectivity index (χ2v) is 5.99. The summed E-state index contributed by atoms with van der Waals surface area (Å²) in [5.74, 6) is 2.44. The highest BCUT2D eigenvalue weighted by Gasteiger charge is 2.21. The molecular formula is C13H26N2OS. The van der Waals surface area contributed by atoms with Crippen LogP contribution in [0.4, 0.5) is 0 Å². The molecule has 0 aromatic carbocycles. The van der Waals surface area contributed by atoms with Gasteiger partial charge in [-0.3, -0.25) is 5.32 Å². The minimum absolute atomic E-state index is 0.265. The van der Waals surface area contributed by atoms with Gasteiger partial charge >= 0.3 is 0 Å². The second-order valence-electron chi connectivity index (χ2n) is 4.84. The van der Waals surface area contributed by atoms with Gasteiger partial charge in [0.2, 0.25) is 0 Å². The van der Waals surface area contributed by atoms with Crippen molar-refractivity contribution in [2.75, 3.05) is 24.7 Å². The predicted octanol–water partition coefficient (Wildman–Crippen LogP) is 2.41. The van der Waals surface area contributed by atoms with Gasteiger partial charge in [0.1, 0.15) is 5.54 Å². The van der Waals surface area contributed by atoms with Crippen molar-refractivity contribution < 1.29 is 5.11 Å². The third-order valence-electron chi connectivity index (χ3n) is 2.69. The molecule has 0 spiro atoms. The number of nitrogens with one attached hydrogen (secondary N) is 1. The van der Waals surface area contributed by atoms with Crippen molar-refractivity contribution >= 4 is 11.8 Å². The van der Waals surface area contributed by atoms with E-state index in [1.165, 1.54) is 0 Å². The summed E-state index contributed by atoms with van der Waals surface area (Å²) in [5, 5.41) is 21.3. The summed E-state index contributed by atoms with van der Waals surface area (Å²) in [6.07, 6.45) is 2.99. The Balaban J connectivity index is 3.66. The van der Waals surface area contributed by atoms with Crippen molar-refractivity contribution in [3.05, 3.63) is 0 Å². The molecule has 0 amide bonds. The van der Waals surface area contributed by atoms with Gasteiger partial charge in [-0.1, -0.05) is 13.8 Å². The van der Waals surface area contributed by atoms with Crippen molar-refractivity contribution in [1.82, 2.24) is 5.32 Å². The molecule has 0 rings (SSSR count). The quantitative estimate of drug-likeness (QED) is 0.591. The molecule has 0 aromatic heterocycles. The molecule has 0 saturated carbocycles. The molecule has 0 bridgehead atoms. The second kappa shape index (κ2) is 9.76. The molecule has 2 unspecified atom stereocenters. The Morgan fingerprint density at radius 2 is 2.24 bits per heavy atom. The van der Waals surface area contributed by atoms with Crippen LogP contribution in [0.15, 0.2) is 0 Å². The fourth-order valence-corrected chi connectivity index (χ4v) is 2.47. The van der Waals surface area contributed by atoms with Gasteiger partial charge in [-0.15, -0.1) is 0 Å². The minimum atomic E-state index is -0.376. The summed E-state index contributed by atoms with van der Waals surface area (Å²) in [4.78, 5) is 0. The van der Waals surface area contributed by atoms with Gasteiger partial charge < -0.3 is 5.11 Å². The van der Waals surface area contributed by atoms with Crippen molar-refractivity contribution in [3.63, 3.8) is 0 Å². The number of rotatable bonds is 10. The normalized spacial score (nSPS) is 16.2. The number of aliphatic hydroxyl groups is 1. The standard InChI is InChI=1S/C13H26N2OS/c1-4-7-15-13(3,11-14)6-5-8-17-10-12(2)9-16/h12,15-16H,4-10H2,1-3H3. The molecule has 3 nitrogen and oxygen atoms in total. The van der Waals surface area contributed by atoms with Crippen LogP contribution in [0.2, 0.25) is 0 Å². The van der Waals surface area contributed by atoms with Gasteiger partial charge in [0, 0.05) is 6.61 Å². The van der Waals surface area contributed by atoms with E-state index < -0.39 is 0 Å². The summed E-state index contributed by atoms with van der Waals surface area (Å²) in [7, 11) is 0. The first kappa shape index (κ1) is 16.8. The number of thioether (sulfide) groups is 1. The maximum Gasteiger partial charge on any atom is 0.103 e. The SMILES string of the molecule is CCCNC(C)(C#N)CCCSCC(C)CO. The van der Waals surface area contributed by atoms with Gasteiger partial charge in [0.25, 0.3) is 0 Å². The number of aliphatic hydroxyl groups excluding tert-OH is 1. The molecule has 2 atom stereocenters. The topological polar surface area (TPSA) is 56.0 Å². The molecule has 100 valence electrons. The summed E-state index contributed by atoms with van der Waals surface area (Å²) < 4.78 is 0. The van der Waals surface area contributed by atoms with Crippen LogP contribution < -0.4 is 5.32 Å². The van der Waals surface area contributed by atoms with Crippen LogP contribution in [0.1, 0.15) is 40.0 Å². The number of nitrogens with zero attached hydrogens (tertiary/aromatic N) is 1. The lowest BCUT2D eigenvalue weighted by Gasteiger charge is -2.22. The Kier molecular flexibility index (Phi) is 9.62. The minimum Gasteiger partial charge on any atom is -0.396 e. The van der Waals surface area contributed by atoms with Crippen LogP contribution in [0, 0.1) is 17.2 Å². The van der Waals surface area contributed by atoms with E-state index in [1.54, 1.807) is 0 Å². The fourth-order valence-electron chi connectivity index (χ4n) is 1.45. The van der Waals surface area contributed by atoms with Crippen LogP contribution in [0.5, 0.6) is 0 Å². The average molecular weight is 258 g/mol. The molecule has 0 aliphatic heterocycles. The van der Waals surface area contributed by atoms with Gasteiger partial charge in [-0.05, 0) is 50.2 Å². The van der Waals surface area contributed by atoms with Crippen LogP contribution in [-0.2, 0) is 0 Å². The molecule has 0 aliphatic rings. The lowest BCUT2D eigenvalue weighted by molar-refractivity contribution is 0.250. The smallest absolute Gasteiger partial charge is 0.103 e. The summed E-state index contributed by atoms with van der Waals surface area (Å²) in [5.41, 5.74) is -0.376. The number of nitriles is 1. The third kappa shape index (κ3) is 8.48. The summed E-state index contributed by atoms with van der Waals surface area (Å²) in [6, 6.07) is 2.36. The molecule has 0 fully saturated rings. The molecule has 17 heavy (non-hydrogen) atoms. The van der Waals surface area contributed by atoms with E-state index in [2.05, 4.69) is 25.2 Å². The molecular weight excluding hydrogens is 232 g/mol. The molecule has 0 heterocycles. The Labute approximate surface area is 110 Å². The zero-order valence-electron chi connectivity index (χ0n) is 11.3. The van der Waals surface area contributed by atoms with Crippen LogP contribution in [0.25, 0.3) is 0 Å². The lowest BCUT2D eigenvalue weighted by Crippen LogP contribution is -2.41. The van der Waals surface area contributed by atoms with Gasteiger partial charge in [0.15, 0.2) is 0 Å². The highest BCUT2D eigenvalue weighted by Crippen LogP contribution is 2.16. The highest BCUT2D eigenvalue weighted by molar-refractivity contribution is 7.99. The van der Waals surface area contributed by atoms with Gasteiger partial charge in [-0.25, -0.2) is 0 Å². The van der Waals surface area contributed by atoms with Crippen LogP contribution in [-0.4, -0.2) is 35.3 Å². The van der Waals surface area contributed by atoms with Crippen molar-refractivity contribution in [2.24, 2.45) is 5.92 Å². The first-order valence-electron chi connectivity index (χ1n) is 6.43. The summed E-state index contributed by atoms with van der Waals surface area (Å²) in [6.45, 7) is 7.30. The van der Waals surface area contributed by atoms with E-state index in [0.717, 1.165) is 37.3 Å². The fraction of sp³-hybridized carbons (Fsp3) is 0.923. The zero-order chi connectivity index (χ0) is 13.1. The number of hydrogen-bond donors (Lipinski definition) is 2. The first-order valence-corrected chi connectivity index (χ1v) is 7.58. The molecule has 2 N–H and O–H groups in total. The average Bonchev–Trinajstić information content (AvgIpc) is 2.35. The number of hydrogen-bond acceptors (Lipinski definition) is 4. The Hall–Kier alpha value is -0.240. The van der Waals surface area contributed by atoms with Crippen LogP contribution >= 0.6 is 11.8 Å². The molecule has 0 aromatic rings. The predicted molar refractivity (Wildman–Crippen MR) is 75.1 cm³/mol. The first-order chi connectivity index (χ1) is 8.08. The molecule has 0 aliphatic carbocycles. The lowest BCUT2D eigenvalue weighted by atomic mass is 9.98. The monoisotopic (exact) mass is 258 g/mol. The van der Waals surface area contributed by atoms with E-state index >= 15 is 0 Å². The molecule has 0 radical (unpaired) electrons. The van der Waals surface area contributed by atoms with E-state index in [1.807, 2.05) is 18.7 Å². The van der Waals surface area contributed by atoms with E-state index in [4.69, 9.17) is 10.4 Å².